The van der Waals surface area contributed by atoms with Gasteiger partial charge in [-0.3, -0.25) is 0 Å². The van der Waals surface area contributed by atoms with E-state index < -0.39 is 0 Å². The third kappa shape index (κ3) is 2.37. The minimum Gasteiger partial charge on any atom is -0.357 e. The molecule has 3 heterocycles. The molecule has 3 rings (SSSR count). The molecule has 21 heavy (non-hydrogen) atoms. The van der Waals surface area contributed by atoms with Crippen molar-refractivity contribution in [2.75, 3.05) is 12.4 Å². The van der Waals surface area contributed by atoms with Gasteiger partial charge in [-0.2, -0.15) is 9.67 Å². The van der Waals surface area contributed by atoms with Crippen molar-refractivity contribution >= 4 is 27.5 Å². The Balaban J connectivity index is 2.30. The maximum Gasteiger partial charge on any atom is 0.225 e. The van der Waals surface area contributed by atoms with E-state index in [0.29, 0.717) is 5.95 Å². The molecule has 0 aromatic carbocycles. The van der Waals surface area contributed by atoms with Gasteiger partial charge < -0.3 is 5.32 Å². The van der Waals surface area contributed by atoms with Crippen molar-refractivity contribution in [3.8, 4) is 5.82 Å². The predicted octanol–water partition coefficient (Wildman–Crippen LogP) is 2.75. The van der Waals surface area contributed by atoms with Crippen LogP contribution < -0.4 is 5.32 Å². The molecule has 0 aliphatic carbocycles. The first kappa shape index (κ1) is 13.9. The molecule has 0 aliphatic heterocycles. The van der Waals surface area contributed by atoms with E-state index in [1.54, 1.807) is 11.3 Å². The number of aryl methyl sites for hydroxylation is 3. The van der Waals surface area contributed by atoms with Crippen LogP contribution >= 0.6 is 11.3 Å². The van der Waals surface area contributed by atoms with Crippen LogP contribution in [-0.2, 0) is 12.8 Å². The summed E-state index contributed by atoms with van der Waals surface area (Å²) >= 11 is 1.66. The summed E-state index contributed by atoms with van der Waals surface area (Å²) in [6.07, 6.45) is 1.63. The largest absolute Gasteiger partial charge is 0.357 e. The minimum atomic E-state index is 0.606. The molecule has 0 spiro atoms. The van der Waals surface area contributed by atoms with E-state index in [1.165, 1.54) is 4.88 Å². The molecule has 3 aromatic heterocycles. The first-order valence-electron chi connectivity index (χ1n) is 7.07. The lowest BCUT2D eigenvalue weighted by molar-refractivity contribution is 0.774. The average Bonchev–Trinajstić information content (AvgIpc) is 3.07. The molecule has 0 saturated heterocycles. The zero-order chi connectivity index (χ0) is 15.0. The highest BCUT2D eigenvalue weighted by atomic mass is 32.1. The minimum absolute atomic E-state index is 0.606. The van der Waals surface area contributed by atoms with Crippen molar-refractivity contribution in [1.29, 1.82) is 0 Å². The van der Waals surface area contributed by atoms with Crippen LogP contribution in [0, 0.1) is 6.92 Å². The van der Waals surface area contributed by atoms with Crippen LogP contribution in [0.1, 0.15) is 30.4 Å². The van der Waals surface area contributed by atoms with E-state index in [1.807, 2.05) is 11.7 Å². The number of anilines is 1. The summed E-state index contributed by atoms with van der Waals surface area (Å²) in [6, 6.07) is 2.11. The summed E-state index contributed by atoms with van der Waals surface area (Å²) in [7, 11) is 1.82. The second-order valence-electron chi connectivity index (χ2n) is 4.76. The van der Waals surface area contributed by atoms with Crippen LogP contribution in [0.15, 0.2) is 6.07 Å². The van der Waals surface area contributed by atoms with Crippen molar-refractivity contribution in [1.82, 2.24) is 24.7 Å². The molecule has 0 unspecified atom stereocenters. The summed E-state index contributed by atoms with van der Waals surface area (Å²) in [5.41, 5.74) is 0. The lowest BCUT2D eigenvalue weighted by Gasteiger charge is -2.07. The normalized spacial score (nSPS) is 11.2. The number of aromatic nitrogens is 5. The van der Waals surface area contributed by atoms with Crippen LogP contribution in [0.2, 0.25) is 0 Å². The quantitative estimate of drug-likeness (QED) is 0.802. The third-order valence-electron chi connectivity index (χ3n) is 3.27. The van der Waals surface area contributed by atoms with Gasteiger partial charge in [-0.05, 0) is 13.0 Å². The van der Waals surface area contributed by atoms with Gasteiger partial charge in [0.2, 0.25) is 5.95 Å². The van der Waals surface area contributed by atoms with E-state index >= 15 is 0 Å². The van der Waals surface area contributed by atoms with Gasteiger partial charge in [0.1, 0.15) is 10.7 Å². The molecule has 7 heteroatoms. The summed E-state index contributed by atoms with van der Waals surface area (Å²) in [5.74, 6) is 3.18. The first-order valence-corrected chi connectivity index (χ1v) is 7.89. The van der Waals surface area contributed by atoms with Crippen LogP contribution in [0.25, 0.3) is 16.0 Å². The highest BCUT2D eigenvalue weighted by molar-refractivity contribution is 7.18. The Bertz CT molecular complexity index is 788. The predicted molar refractivity (Wildman–Crippen MR) is 85.4 cm³/mol. The maximum atomic E-state index is 4.60. The van der Waals surface area contributed by atoms with E-state index in [4.69, 9.17) is 0 Å². The highest BCUT2D eigenvalue weighted by Gasteiger charge is 2.16. The molecule has 0 saturated carbocycles. The SMILES string of the molecule is CCc1nc(CC)n(-c2nc(NC)nc3sc(C)cc23)n1. The van der Waals surface area contributed by atoms with Crippen molar-refractivity contribution in [2.45, 2.75) is 33.6 Å². The number of hydrogen-bond donors (Lipinski definition) is 1. The Morgan fingerprint density at radius 1 is 1.19 bits per heavy atom. The monoisotopic (exact) mass is 302 g/mol. The topological polar surface area (TPSA) is 68.5 Å². The number of fused-ring (bicyclic) bond motifs is 1. The van der Waals surface area contributed by atoms with Crippen LogP contribution in [0.5, 0.6) is 0 Å². The summed E-state index contributed by atoms with van der Waals surface area (Å²) in [4.78, 5) is 15.9. The molecule has 0 radical (unpaired) electrons. The Kier molecular flexibility index (Phi) is 3.59. The molecule has 110 valence electrons. The van der Waals surface area contributed by atoms with Gasteiger partial charge in [-0.25, -0.2) is 9.97 Å². The third-order valence-corrected chi connectivity index (χ3v) is 4.21. The van der Waals surface area contributed by atoms with Crippen molar-refractivity contribution in [2.24, 2.45) is 0 Å². The van der Waals surface area contributed by atoms with Crippen molar-refractivity contribution in [3.63, 3.8) is 0 Å². The van der Waals surface area contributed by atoms with Crippen LogP contribution in [-0.4, -0.2) is 31.8 Å². The van der Waals surface area contributed by atoms with E-state index in [-0.39, 0.29) is 0 Å². The van der Waals surface area contributed by atoms with Crippen LogP contribution in [0.4, 0.5) is 5.95 Å². The smallest absolute Gasteiger partial charge is 0.225 e. The molecule has 0 atom stereocenters. The van der Waals surface area contributed by atoms with Gasteiger partial charge >= 0.3 is 0 Å². The lowest BCUT2D eigenvalue weighted by Crippen LogP contribution is -2.08. The number of thiophene rings is 1. The molecule has 6 nitrogen and oxygen atoms in total. The molecule has 3 aromatic rings. The summed E-state index contributed by atoms with van der Waals surface area (Å²) in [5, 5.41) is 8.64. The van der Waals surface area contributed by atoms with Gasteiger partial charge in [0.25, 0.3) is 0 Å². The lowest BCUT2D eigenvalue weighted by atomic mass is 10.3. The second kappa shape index (κ2) is 5.40. The maximum absolute atomic E-state index is 4.60. The molecule has 0 fully saturated rings. The van der Waals surface area contributed by atoms with Gasteiger partial charge in [0, 0.05) is 24.8 Å². The fourth-order valence-corrected chi connectivity index (χ4v) is 3.11. The van der Waals surface area contributed by atoms with Gasteiger partial charge in [-0.1, -0.05) is 13.8 Å². The first-order chi connectivity index (χ1) is 10.2. The molecular formula is C14H18N6S. The fraction of sp³-hybridized carbons (Fsp3) is 0.429. The molecule has 0 bridgehead atoms. The Hall–Kier alpha value is -2.02. The fourth-order valence-electron chi connectivity index (χ4n) is 2.24. The second-order valence-corrected chi connectivity index (χ2v) is 5.99. The van der Waals surface area contributed by atoms with Crippen molar-refractivity contribution in [3.05, 3.63) is 22.6 Å². The summed E-state index contributed by atoms with van der Waals surface area (Å²) < 4.78 is 1.86. The summed E-state index contributed by atoms with van der Waals surface area (Å²) in [6.45, 7) is 6.22. The Morgan fingerprint density at radius 3 is 2.67 bits per heavy atom. The van der Waals surface area contributed by atoms with Crippen molar-refractivity contribution < 1.29 is 0 Å². The molecule has 0 aliphatic rings. The van der Waals surface area contributed by atoms with Gasteiger partial charge in [-0.15, -0.1) is 16.4 Å². The zero-order valence-corrected chi connectivity index (χ0v) is 13.5. The number of rotatable bonds is 4. The van der Waals surface area contributed by atoms with E-state index in [9.17, 15) is 0 Å². The van der Waals surface area contributed by atoms with Gasteiger partial charge in [0.15, 0.2) is 11.6 Å². The number of nitrogens with zero attached hydrogens (tertiary/aromatic N) is 5. The Morgan fingerprint density at radius 2 is 2.00 bits per heavy atom. The number of hydrogen-bond acceptors (Lipinski definition) is 6. The standard InChI is InChI=1S/C14H18N6S/c1-5-10-16-11(6-2)20(19-10)12-9-7-8(3)21-13(9)18-14(15-4)17-12/h7H,5-6H2,1-4H3,(H,15,17,18). The number of nitrogens with one attached hydrogen (secondary N) is 1. The van der Waals surface area contributed by atoms with Gasteiger partial charge in [0.05, 0.1) is 5.39 Å². The van der Waals surface area contributed by atoms with E-state index in [0.717, 1.165) is 40.5 Å². The van der Waals surface area contributed by atoms with Crippen LogP contribution in [0.3, 0.4) is 0 Å². The van der Waals surface area contributed by atoms with E-state index in [2.05, 4.69) is 52.2 Å². The zero-order valence-electron chi connectivity index (χ0n) is 12.6. The highest BCUT2D eigenvalue weighted by Crippen LogP contribution is 2.29. The molecule has 0 amide bonds. The Labute approximate surface area is 127 Å². The molecular weight excluding hydrogens is 284 g/mol. The average molecular weight is 302 g/mol. The molecule has 1 N–H and O–H groups in total.